The second-order valence-corrected chi connectivity index (χ2v) is 1.86. The van der Waals surface area contributed by atoms with Gasteiger partial charge in [0.05, 0.1) is 0 Å². The number of hydrogen-bond donors (Lipinski definition) is 0. The van der Waals surface area contributed by atoms with Crippen molar-refractivity contribution in [3.8, 4) is 0 Å². The third-order valence-electron chi connectivity index (χ3n) is 0.287. The van der Waals surface area contributed by atoms with Crippen LogP contribution in [0.4, 0.5) is 0 Å². The molecule has 0 fully saturated rings. The predicted molar refractivity (Wildman–Crippen MR) is 21.7 cm³/mol. The summed E-state index contributed by atoms with van der Waals surface area (Å²) in [5.41, 5.74) is 0. The Hall–Kier alpha value is 0.269. The van der Waals surface area contributed by atoms with Gasteiger partial charge in [0, 0.05) is 0 Å². The standard InChI is InChI=1S/C2H4O2.Sn.3H/c1-2(3)4;;;;/h1H3,(H,3,4);;;;/q;+1;;;/p-1. The molecule has 0 spiro atoms. The molecule has 3 heteroatoms. The minimum absolute atomic E-state index is 0.101. The van der Waals surface area contributed by atoms with Crippen LogP contribution in [0, 0.1) is 0 Å². The molecule has 0 saturated carbocycles. The Balaban J connectivity index is 2.85. The molecule has 30 valence electrons. The van der Waals surface area contributed by atoms with Crippen LogP contribution in [0.3, 0.4) is 0 Å². The zero-order chi connectivity index (χ0) is 4.28. The van der Waals surface area contributed by atoms with Crippen LogP contribution < -0.4 is 0 Å². The fourth-order valence-electron chi connectivity index (χ4n) is 0. The van der Waals surface area contributed by atoms with E-state index in [-0.39, 0.29) is 28.9 Å². The summed E-state index contributed by atoms with van der Waals surface area (Å²) in [5.74, 6) is -0.152. The summed E-state index contributed by atoms with van der Waals surface area (Å²) >= 11 is 0.101. The van der Waals surface area contributed by atoms with Crippen molar-refractivity contribution in [2.45, 2.75) is 6.92 Å². The predicted octanol–water partition coefficient (Wildman–Crippen LogP) is -1.17. The molecule has 5 heavy (non-hydrogen) atoms. The first-order valence-electron chi connectivity index (χ1n) is 1.32. The van der Waals surface area contributed by atoms with Crippen LogP contribution in [0.1, 0.15) is 6.92 Å². The van der Waals surface area contributed by atoms with E-state index in [1.807, 2.05) is 0 Å². The van der Waals surface area contributed by atoms with Gasteiger partial charge < -0.3 is 0 Å². The summed E-state index contributed by atoms with van der Waals surface area (Å²) in [6.07, 6.45) is 0. The van der Waals surface area contributed by atoms with Gasteiger partial charge in [0.2, 0.25) is 0 Å². The van der Waals surface area contributed by atoms with Crippen molar-refractivity contribution >= 4 is 28.9 Å². The molecule has 0 heterocycles. The molecule has 0 rings (SSSR count). The van der Waals surface area contributed by atoms with Crippen molar-refractivity contribution in [3.05, 3.63) is 0 Å². The van der Waals surface area contributed by atoms with Crippen LogP contribution in [0.5, 0.6) is 0 Å². The molecule has 0 aromatic heterocycles. The van der Waals surface area contributed by atoms with E-state index in [1.54, 1.807) is 0 Å². The first kappa shape index (κ1) is 5.27. The Morgan fingerprint density at radius 2 is 2.20 bits per heavy atom. The summed E-state index contributed by atoms with van der Waals surface area (Å²) in [4.78, 5) is 9.64. The van der Waals surface area contributed by atoms with E-state index in [1.165, 1.54) is 6.92 Å². The third-order valence-corrected chi connectivity index (χ3v) is 1.93. The molecule has 0 amide bonds. The van der Waals surface area contributed by atoms with Gasteiger partial charge in [-0.25, -0.2) is 0 Å². The van der Waals surface area contributed by atoms with Gasteiger partial charge in [-0.3, -0.25) is 0 Å². The fourth-order valence-corrected chi connectivity index (χ4v) is 0. The van der Waals surface area contributed by atoms with Gasteiger partial charge in [-0.15, -0.1) is 0 Å². The van der Waals surface area contributed by atoms with Crippen LogP contribution >= 0.6 is 0 Å². The Bertz CT molecular complexity index is 42.9. The topological polar surface area (TPSA) is 26.3 Å². The van der Waals surface area contributed by atoms with Crippen molar-refractivity contribution < 1.29 is 7.87 Å². The van der Waals surface area contributed by atoms with Gasteiger partial charge in [-0.2, -0.15) is 0 Å². The zero-order valence-electron chi connectivity index (χ0n) is 3.32. The summed E-state index contributed by atoms with van der Waals surface area (Å²) in [7, 11) is 0. The van der Waals surface area contributed by atoms with Crippen LogP contribution in [-0.4, -0.2) is 28.9 Å². The second-order valence-electron chi connectivity index (χ2n) is 0.696. The van der Waals surface area contributed by atoms with E-state index in [0.29, 0.717) is 0 Å². The summed E-state index contributed by atoms with van der Waals surface area (Å²) < 4.78 is 4.32. The Morgan fingerprint density at radius 1 is 2.00 bits per heavy atom. The van der Waals surface area contributed by atoms with Crippen molar-refractivity contribution in [3.63, 3.8) is 0 Å². The number of carbonyl (C=O) groups excluding carboxylic acids is 1. The quantitative estimate of drug-likeness (QED) is 0.440. The molecule has 0 atom stereocenters. The Labute approximate surface area is 44.1 Å². The van der Waals surface area contributed by atoms with Crippen LogP contribution in [0.15, 0.2) is 0 Å². The van der Waals surface area contributed by atoms with E-state index in [4.69, 9.17) is 0 Å². The number of rotatable bonds is 0. The van der Waals surface area contributed by atoms with Gasteiger partial charge in [0.15, 0.2) is 0 Å². The summed E-state index contributed by atoms with van der Waals surface area (Å²) in [6, 6.07) is 0. The molecular formula is C2H6O2Sn. The molecule has 0 N–H and O–H groups in total. The summed E-state index contributed by atoms with van der Waals surface area (Å²) in [6.45, 7) is 1.41. The van der Waals surface area contributed by atoms with E-state index >= 15 is 0 Å². The molecule has 2 nitrogen and oxygen atoms in total. The maximum absolute atomic E-state index is 9.64. The fraction of sp³-hybridized carbons (Fsp3) is 0.500. The minimum atomic E-state index is -0.152. The zero-order valence-corrected chi connectivity index (χ0v) is 9.02. The Kier molecular flexibility index (Phi) is 2.64. The van der Waals surface area contributed by atoms with Crippen molar-refractivity contribution in [2.24, 2.45) is 0 Å². The molecule has 0 bridgehead atoms. The number of hydrogen-bond acceptors (Lipinski definition) is 2. The molecule has 0 aliphatic heterocycles. The third kappa shape index (κ3) is 4.27. The van der Waals surface area contributed by atoms with Gasteiger partial charge in [0.25, 0.3) is 0 Å². The average Bonchev–Trinajstić information content (AvgIpc) is 1.38. The van der Waals surface area contributed by atoms with E-state index in [0.717, 1.165) is 0 Å². The molecule has 0 aromatic rings. The van der Waals surface area contributed by atoms with Crippen molar-refractivity contribution in [2.75, 3.05) is 0 Å². The first-order valence-corrected chi connectivity index (χ1v) is 3.65. The molecule has 0 aliphatic rings. The van der Waals surface area contributed by atoms with Crippen LogP contribution in [0.2, 0.25) is 0 Å². The van der Waals surface area contributed by atoms with Crippen molar-refractivity contribution in [1.29, 1.82) is 0 Å². The molecule has 0 radical (unpaired) electrons. The van der Waals surface area contributed by atoms with E-state index < -0.39 is 0 Å². The van der Waals surface area contributed by atoms with Crippen LogP contribution in [-0.2, 0) is 7.87 Å². The SMILES string of the molecule is CC(=O)[O][SnH3]. The first-order chi connectivity index (χ1) is 2.27. The van der Waals surface area contributed by atoms with E-state index in [2.05, 4.69) is 3.07 Å². The maximum atomic E-state index is 9.64. The molecule has 0 aromatic carbocycles. The average molecular weight is 181 g/mol. The second kappa shape index (κ2) is 2.50. The Morgan fingerprint density at radius 3 is 2.20 bits per heavy atom. The van der Waals surface area contributed by atoms with Gasteiger partial charge in [-0.05, 0) is 0 Å². The van der Waals surface area contributed by atoms with Gasteiger partial charge in [-0.1, -0.05) is 0 Å². The van der Waals surface area contributed by atoms with Gasteiger partial charge in [0.1, 0.15) is 0 Å². The monoisotopic (exact) mass is 182 g/mol. The molecular weight excluding hydrogens is 175 g/mol. The normalized spacial score (nSPS) is 7.40. The molecule has 0 saturated heterocycles. The molecule has 0 unspecified atom stereocenters. The molecule has 0 aliphatic carbocycles. The van der Waals surface area contributed by atoms with E-state index in [9.17, 15) is 4.79 Å². The van der Waals surface area contributed by atoms with Crippen LogP contribution in [0.25, 0.3) is 0 Å². The van der Waals surface area contributed by atoms with Crippen molar-refractivity contribution in [1.82, 2.24) is 0 Å². The summed E-state index contributed by atoms with van der Waals surface area (Å²) in [5, 5.41) is 0. The van der Waals surface area contributed by atoms with Gasteiger partial charge >= 0.3 is 43.7 Å². The number of carbonyl (C=O) groups is 1.